The normalized spacial score (nSPS) is 28.6. The topological polar surface area (TPSA) is 203 Å². The number of pyridine rings is 1. The van der Waals surface area contributed by atoms with Gasteiger partial charge in [0.1, 0.15) is 23.6 Å². The van der Waals surface area contributed by atoms with Crippen LogP contribution in [0.1, 0.15) is 46.7 Å². The summed E-state index contributed by atoms with van der Waals surface area (Å²) in [4.78, 5) is 40.1. The minimum absolute atomic E-state index is 0.0640. The Bertz CT molecular complexity index is 1490. The molecule has 1 spiro atoms. The molecule has 4 aliphatic heterocycles. The largest absolute Gasteiger partial charge is 0.494 e. The van der Waals surface area contributed by atoms with Crippen LogP contribution in [0.25, 0.3) is 0 Å². The number of methoxy groups -OCH3 is 1. The summed E-state index contributed by atoms with van der Waals surface area (Å²) in [7, 11) is 1.46. The molecule has 9 N–H and O–H groups in total. The van der Waals surface area contributed by atoms with Crippen molar-refractivity contribution in [3.05, 3.63) is 53.3 Å². The van der Waals surface area contributed by atoms with Crippen molar-refractivity contribution in [1.82, 2.24) is 25.8 Å². The van der Waals surface area contributed by atoms with Crippen molar-refractivity contribution in [3.63, 3.8) is 0 Å². The summed E-state index contributed by atoms with van der Waals surface area (Å²) in [5.74, 6) is 0.440. The SMILES string of the molecule is COc1cccnc1C(=O)NC[C@@H]1N=C(N)N2CC(NC(=O)c3cccc4c3OCCC4(C)C)[C@@H](O)C23NC(N)=[NH+][C@@H]13. The van der Waals surface area contributed by atoms with Crippen molar-refractivity contribution >= 4 is 23.7 Å². The molecule has 1 aromatic carbocycles. The highest BCUT2D eigenvalue weighted by Crippen LogP contribution is 2.41. The van der Waals surface area contributed by atoms with Crippen LogP contribution in [0.2, 0.25) is 0 Å². The minimum Gasteiger partial charge on any atom is -0.494 e. The second-order valence-corrected chi connectivity index (χ2v) is 11.6. The number of nitrogens with zero attached hydrogens (tertiary/aromatic N) is 3. The number of carbonyl (C=O) groups excluding carboxylic acids is 2. The minimum atomic E-state index is -1.22. The lowest BCUT2D eigenvalue weighted by Crippen LogP contribution is -2.88. The van der Waals surface area contributed by atoms with Crippen LogP contribution in [-0.4, -0.2) is 95.4 Å². The lowest BCUT2D eigenvalue weighted by Gasteiger charge is -2.43. The summed E-state index contributed by atoms with van der Waals surface area (Å²) >= 11 is 0. The van der Waals surface area contributed by atoms with Gasteiger partial charge in [0.2, 0.25) is 5.66 Å². The lowest BCUT2D eigenvalue weighted by molar-refractivity contribution is -0.513. The lowest BCUT2D eigenvalue weighted by atomic mass is 9.79. The van der Waals surface area contributed by atoms with Gasteiger partial charge in [0, 0.05) is 24.8 Å². The zero-order chi connectivity index (χ0) is 29.8. The van der Waals surface area contributed by atoms with Crippen molar-refractivity contribution in [3.8, 4) is 11.5 Å². The third-order valence-electron chi connectivity index (χ3n) is 8.69. The molecule has 0 radical (unpaired) electrons. The number of fused-ring (bicyclic) bond motifs is 1. The highest BCUT2D eigenvalue weighted by atomic mass is 16.5. The number of aliphatic hydroxyl groups is 1. The first-order valence-electron chi connectivity index (χ1n) is 13.9. The first kappa shape index (κ1) is 27.6. The Morgan fingerprint density at radius 3 is 2.86 bits per heavy atom. The maximum Gasteiger partial charge on any atom is 0.343 e. The predicted molar refractivity (Wildman–Crippen MR) is 152 cm³/mol. The maximum atomic E-state index is 13.6. The number of nitrogens with two attached hydrogens (primary N) is 2. The number of carbonyl (C=O) groups is 2. The van der Waals surface area contributed by atoms with Gasteiger partial charge in [-0.3, -0.25) is 20.3 Å². The molecular formula is C28H36N9O5+. The summed E-state index contributed by atoms with van der Waals surface area (Å²) in [6.45, 7) is 5.00. The number of hydrogen-bond acceptors (Lipinski definition) is 11. The molecule has 0 bridgehead atoms. The second kappa shape index (κ2) is 10.0. The van der Waals surface area contributed by atoms with E-state index in [1.54, 1.807) is 23.1 Å². The number of benzene rings is 1. The van der Waals surface area contributed by atoms with Crippen molar-refractivity contribution in [2.24, 2.45) is 16.5 Å². The first-order valence-corrected chi connectivity index (χ1v) is 13.9. The molecule has 14 heteroatoms. The fraction of sp³-hybridized carbons (Fsp3) is 0.464. The monoisotopic (exact) mass is 578 g/mol. The van der Waals surface area contributed by atoms with Gasteiger partial charge in [-0.1, -0.05) is 26.0 Å². The molecule has 4 aliphatic rings. The molecule has 14 nitrogen and oxygen atoms in total. The van der Waals surface area contributed by atoms with Gasteiger partial charge in [-0.05, 0) is 30.0 Å². The first-order chi connectivity index (χ1) is 20.1. The number of aromatic nitrogens is 1. The van der Waals surface area contributed by atoms with Crippen LogP contribution >= 0.6 is 0 Å². The van der Waals surface area contributed by atoms with E-state index in [9.17, 15) is 14.7 Å². The highest BCUT2D eigenvalue weighted by Gasteiger charge is 2.68. The number of hydrogen-bond donors (Lipinski definition) is 7. The van der Waals surface area contributed by atoms with Crippen LogP contribution in [0, 0.1) is 0 Å². The fourth-order valence-electron chi connectivity index (χ4n) is 6.49. The Hall–Kier alpha value is -4.59. The summed E-state index contributed by atoms with van der Waals surface area (Å²) in [6, 6.07) is 6.91. The number of ether oxygens (including phenoxy) is 2. The van der Waals surface area contributed by atoms with E-state index in [2.05, 4.69) is 44.8 Å². The van der Waals surface area contributed by atoms with Crippen LogP contribution in [0.3, 0.4) is 0 Å². The van der Waals surface area contributed by atoms with Gasteiger partial charge in [0.05, 0.1) is 25.3 Å². The van der Waals surface area contributed by atoms with E-state index in [0.717, 1.165) is 12.0 Å². The van der Waals surface area contributed by atoms with Gasteiger partial charge in [0.25, 0.3) is 11.8 Å². The van der Waals surface area contributed by atoms with E-state index in [0.29, 0.717) is 23.7 Å². The van der Waals surface area contributed by atoms with Crippen molar-refractivity contribution < 1.29 is 29.2 Å². The average molecular weight is 579 g/mol. The Labute approximate surface area is 242 Å². The van der Waals surface area contributed by atoms with Crippen molar-refractivity contribution in [2.45, 2.75) is 55.6 Å². The van der Waals surface area contributed by atoms with E-state index < -0.39 is 35.8 Å². The number of para-hydroxylation sites is 1. The molecule has 222 valence electrons. The van der Waals surface area contributed by atoms with Crippen LogP contribution in [-0.2, 0) is 5.41 Å². The smallest absolute Gasteiger partial charge is 0.343 e. The Morgan fingerprint density at radius 2 is 2.07 bits per heavy atom. The van der Waals surface area contributed by atoms with Gasteiger partial charge in [-0.25, -0.2) is 15.3 Å². The number of aliphatic hydroxyl groups excluding tert-OH is 1. The highest BCUT2D eigenvalue weighted by molar-refractivity contribution is 5.98. The quantitative estimate of drug-likeness (QED) is 0.186. The van der Waals surface area contributed by atoms with Gasteiger partial charge < -0.3 is 35.8 Å². The van der Waals surface area contributed by atoms with E-state index in [-0.39, 0.29) is 42.0 Å². The van der Waals surface area contributed by atoms with Crippen molar-refractivity contribution in [1.29, 1.82) is 0 Å². The Morgan fingerprint density at radius 1 is 1.26 bits per heavy atom. The molecular weight excluding hydrogens is 542 g/mol. The summed E-state index contributed by atoms with van der Waals surface area (Å²) in [6.07, 6.45) is 1.19. The van der Waals surface area contributed by atoms with E-state index >= 15 is 0 Å². The van der Waals surface area contributed by atoms with Gasteiger partial charge in [0.15, 0.2) is 17.7 Å². The van der Waals surface area contributed by atoms with Crippen LogP contribution < -0.4 is 41.9 Å². The average Bonchev–Trinajstić information content (AvgIpc) is 3.47. The molecule has 0 aliphatic carbocycles. The molecule has 5 heterocycles. The standard InChI is InChI=1S/C28H35N9O5/c1-27(2)9-11-42-20-14(6-4-7-15(20)27)23(39)33-17-13-37-26(30)34-16(21-28(37,22(17)38)36-25(29)35-21)12-32-24(40)19-18(41-3)8-5-10-31-19/h4-8,10,16-17,21-22,38H,9,11-13H2,1-3H3,(H2,30,34)(H,32,40)(H,33,39)(H3,29,35,36)/p+1/t16-,17?,21-,22+,28?/m0/s1. The summed E-state index contributed by atoms with van der Waals surface area (Å²) < 4.78 is 11.2. The number of rotatable bonds is 6. The Balaban J connectivity index is 1.23. The molecule has 1 saturated heterocycles. The molecule has 42 heavy (non-hydrogen) atoms. The molecule has 2 amide bonds. The molecule has 0 saturated carbocycles. The van der Waals surface area contributed by atoms with Crippen LogP contribution in [0.4, 0.5) is 0 Å². The maximum absolute atomic E-state index is 13.6. The van der Waals surface area contributed by atoms with Gasteiger partial charge in [-0.15, -0.1) is 0 Å². The third-order valence-corrected chi connectivity index (χ3v) is 8.69. The third kappa shape index (κ3) is 4.24. The zero-order valence-electron chi connectivity index (χ0n) is 23.7. The molecule has 2 unspecified atom stereocenters. The van der Waals surface area contributed by atoms with E-state index in [1.165, 1.54) is 13.3 Å². The Kier molecular flexibility index (Phi) is 6.60. The zero-order valence-corrected chi connectivity index (χ0v) is 23.7. The van der Waals surface area contributed by atoms with Crippen LogP contribution in [0.15, 0.2) is 41.5 Å². The van der Waals surface area contributed by atoms with E-state index in [1.807, 2.05) is 12.1 Å². The molecule has 5 atom stereocenters. The molecule has 6 rings (SSSR count). The number of nitrogens with one attached hydrogen (secondary N) is 4. The fourth-order valence-corrected chi connectivity index (χ4v) is 6.49. The van der Waals surface area contributed by atoms with Gasteiger partial charge in [-0.2, -0.15) is 0 Å². The summed E-state index contributed by atoms with van der Waals surface area (Å²) in [5, 5.41) is 20.7. The second-order valence-electron chi connectivity index (χ2n) is 11.6. The molecule has 1 fully saturated rings. The molecule has 1 aromatic heterocycles. The van der Waals surface area contributed by atoms with Crippen molar-refractivity contribution in [2.75, 3.05) is 26.8 Å². The number of guanidine groups is 2. The van der Waals surface area contributed by atoms with Gasteiger partial charge >= 0.3 is 5.96 Å². The van der Waals surface area contributed by atoms with E-state index in [4.69, 9.17) is 20.9 Å². The van der Waals surface area contributed by atoms with Crippen LogP contribution in [0.5, 0.6) is 11.5 Å². The molecule has 2 aromatic rings. The number of amides is 2. The predicted octanol–water partition coefficient (Wildman–Crippen LogP) is -2.88. The summed E-state index contributed by atoms with van der Waals surface area (Å²) in [5.41, 5.74) is 12.8. The number of aliphatic imine (C=N–C) groups is 1.